The van der Waals surface area contributed by atoms with Gasteiger partial charge in [0.2, 0.25) is 0 Å². The minimum absolute atomic E-state index is 0.130. The molecule has 2 aliphatic rings. The van der Waals surface area contributed by atoms with E-state index < -0.39 is 5.60 Å². The largest absolute Gasteiger partial charge is 0.485 e. The molecule has 1 aliphatic heterocycles. The summed E-state index contributed by atoms with van der Waals surface area (Å²) in [7, 11) is 0. The summed E-state index contributed by atoms with van der Waals surface area (Å²) in [6.45, 7) is 8.38. The number of allylic oxidation sites excluding steroid dienone is 3. The number of rotatable bonds is 0. The molecule has 2 heteroatoms. The highest BCUT2D eigenvalue weighted by molar-refractivity contribution is 5.35. The number of aliphatic hydroxyl groups excluding tert-OH is 1. The molecule has 1 N–H and O–H groups in total. The Morgan fingerprint density at radius 1 is 1.33 bits per heavy atom. The summed E-state index contributed by atoms with van der Waals surface area (Å²) in [6.07, 6.45) is 5.57. The molecule has 0 aromatic carbocycles. The topological polar surface area (TPSA) is 29.5 Å². The lowest BCUT2D eigenvalue weighted by atomic mass is 9.64. The van der Waals surface area contributed by atoms with Crippen LogP contribution in [-0.4, -0.2) is 16.8 Å². The smallest absolute Gasteiger partial charge is 0.153 e. The van der Waals surface area contributed by atoms with Crippen LogP contribution in [0.3, 0.4) is 0 Å². The van der Waals surface area contributed by atoms with Crippen LogP contribution >= 0.6 is 0 Å². The molecule has 0 spiro atoms. The van der Waals surface area contributed by atoms with E-state index >= 15 is 0 Å². The maximum absolute atomic E-state index is 10.1. The number of hydrogen-bond donors (Lipinski definition) is 1. The van der Waals surface area contributed by atoms with E-state index in [4.69, 9.17) is 4.74 Å². The molecule has 1 unspecified atom stereocenters. The highest BCUT2D eigenvalue weighted by atomic mass is 16.5. The first-order valence-corrected chi connectivity index (χ1v) is 5.63. The molecule has 2 rings (SSSR count). The molecule has 0 aromatic heterocycles. The molecule has 0 aromatic rings. The summed E-state index contributed by atoms with van der Waals surface area (Å²) in [6, 6.07) is 0. The molecule has 2 atom stereocenters. The van der Waals surface area contributed by atoms with Gasteiger partial charge in [0, 0.05) is 0 Å². The lowest BCUT2D eigenvalue weighted by Gasteiger charge is -2.49. The van der Waals surface area contributed by atoms with E-state index in [0.717, 1.165) is 18.6 Å². The Morgan fingerprint density at radius 3 is 2.67 bits per heavy atom. The fourth-order valence-corrected chi connectivity index (χ4v) is 2.84. The molecule has 0 radical (unpaired) electrons. The van der Waals surface area contributed by atoms with Crippen LogP contribution in [-0.2, 0) is 4.74 Å². The van der Waals surface area contributed by atoms with E-state index in [-0.39, 0.29) is 11.5 Å². The predicted octanol–water partition coefficient (Wildman–Crippen LogP) is 2.79. The van der Waals surface area contributed by atoms with Gasteiger partial charge >= 0.3 is 0 Å². The van der Waals surface area contributed by atoms with Crippen LogP contribution in [0.25, 0.3) is 0 Å². The van der Waals surface area contributed by atoms with Crippen molar-refractivity contribution in [1.82, 2.24) is 0 Å². The first-order valence-electron chi connectivity index (χ1n) is 5.63. The summed E-state index contributed by atoms with van der Waals surface area (Å²) in [5.74, 6) is 0.887. The van der Waals surface area contributed by atoms with Crippen molar-refractivity contribution in [2.24, 2.45) is 5.41 Å². The summed E-state index contributed by atoms with van der Waals surface area (Å²) in [5, 5.41) is 10.1. The maximum atomic E-state index is 10.1. The molecule has 1 fully saturated rings. The van der Waals surface area contributed by atoms with Crippen molar-refractivity contribution >= 4 is 0 Å². The van der Waals surface area contributed by atoms with Crippen molar-refractivity contribution in [1.29, 1.82) is 0 Å². The Labute approximate surface area is 91.6 Å². The average Bonchev–Trinajstić information content (AvgIpc) is 2.11. The van der Waals surface area contributed by atoms with E-state index in [9.17, 15) is 5.11 Å². The van der Waals surface area contributed by atoms with Gasteiger partial charge in [0.15, 0.2) is 5.60 Å². The fraction of sp³-hybridized carbons (Fsp3) is 0.692. The Balaban J connectivity index is 2.47. The minimum atomic E-state index is -0.513. The first-order chi connectivity index (χ1) is 6.86. The molecular weight excluding hydrogens is 188 g/mol. The number of hydrogen-bond acceptors (Lipinski definition) is 2. The minimum Gasteiger partial charge on any atom is -0.485 e. The zero-order valence-corrected chi connectivity index (χ0v) is 10.0. The zero-order valence-electron chi connectivity index (χ0n) is 10.0. The highest BCUT2D eigenvalue weighted by Gasteiger charge is 2.49. The predicted molar refractivity (Wildman–Crippen MR) is 60.4 cm³/mol. The van der Waals surface area contributed by atoms with Gasteiger partial charge in [-0.3, -0.25) is 0 Å². The molecule has 2 nitrogen and oxygen atoms in total. The molecule has 0 bridgehead atoms. The Morgan fingerprint density at radius 2 is 2.00 bits per heavy atom. The van der Waals surface area contributed by atoms with Gasteiger partial charge in [-0.15, -0.1) is 0 Å². The third-order valence-electron chi connectivity index (χ3n) is 3.80. The highest BCUT2D eigenvalue weighted by Crippen LogP contribution is 2.49. The van der Waals surface area contributed by atoms with Gasteiger partial charge in [-0.1, -0.05) is 19.9 Å². The van der Waals surface area contributed by atoms with Gasteiger partial charge in [-0.05, 0) is 43.8 Å². The van der Waals surface area contributed by atoms with Gasteiger partial charge in [0.1, 0.15) is 0 Å². The summed E-state index contributed by atoms with van der Waals surface area (Å²) < 4.78 is 5.87. The van der Waals surface area contributed by atoms with Crippen molar-refractivity contribution < 1.29 is 9.84 Å². The zero-order chi connectivity index (χ0) is 11.3. The summed E-state index contributed by atoms with van der Waals surface area (Å²) >= 11 is 0. The molecule has 1 heterocycles. The molecule has 1 aliphatic carbocycles. The molecular formula is C13H20O2. The Hall–Kier alpha value is -0.760. The van der Waals surface area contributed by atoms with Crippen LogP contribution in [0.4, 0.5) is 0 Å². The van der Waals surface area contributed by atoms with Crippen LogP contribution in [0.15, 0.2) is 23.5 Å². The van der Waals surface area contributed by atoms with E-state index in [1.807, 2.05) is 19.9 Å². The van der Waals surface area contributed by atoms with Crippen LogP contribution in [0.5, 0.6) is 0 Å². The number of ether oxygens (including phenoxy) is 1. The summed E-state index contributed by atoms with van der Waals surface area (Å²) in [5.41, 5.74) is 0.838. The maximum Gasteiger partial charge on any atom is 0.153 e. The van der Waals surface area contributed by atoms with Crippen molar-refractivity contribution in [3.05, 3.63) is 23.5 Å². The van der Waals surface area contributed by atoms with E-state index in [2.05, 4.69) is 19.9 Å². The van der Waals surface area contributed by atoms with Crippen molar-refractivity contribution in [3.63, 3.8) is 0 Å². The van der Waals surface area contributed by atoms with Crippen LogP contribution in [0.2, 0.25) is 0 Å². The monoisotopic (exact) mass is 208 g/mol. The molecule has 0 amide bonds. The second-order valence-corrected chi connectivity index (χ2v) is 5.51. The molecule has 0 saturated heterocycles. The van der Waals surface area contributed by atoms with Gasteiger partial charge in [-0.25, -0.2) is 0 Å². The summed E-state index contributed by atoms with van der Waals surface area (Å²) in [4.78, 5) is 0. The molecule has 1 saturated carbocycles. The third kappa shape index (κ3) is 1.51. The van der Waals surface area contributed by atoms with E-state index in [1.165, 1.54) is 5.57 Å². The van der Waals surface area contributed by atoms with E-state index in [0.29, 0.717) is 0 Å². The second kappa shape index (κ2) is 3.11. The lowest BCUT2D eigenvalue weighted by molar-refractivity contribution is -0.0920. The van der Waals surface area contributed by atoms with Gasteiger partial charge in [-0.2, -0.15) is 0 Å². The van der Waals surface area contributed by atoms with Crippen molar-refractivity contribution in [2.45, 2.75) is 52.2 Å². The standard InChI is InChI=1S/C13H20O2/c1-9-5-6-10-12(2,3)8-7-11(14)13(10,4)15-9/h5-6,11,14H,7-8H2,1-4H3/t11?,13-/m1/s1. The molecule has 15 heavy (non-hydrogen) atoms. The van der Waals surface area contributed by atoms with Crippen LogP contribution in [0, 0.1) is 5.41 Å². The first kappa shape index (κ1) is 10.7. The second-order valence-electron chi connectivity index (χ2n) is 5.51. The third-order valence-corrected chi connectivity index (χ3v) is 3.80. The SMILES string of the molecule is CC1=CC=C2C(C)(C)CCC(O)[C@]2(C)O1. The van der Waals surface area contributed by atoms with Gasteiger partial charge in [0.25, 0.3) is 0 Å². The van der Waals surface area contributed by atoms with Crippen LogP contribution in [0.1, 0.15) is 40.5 Å². The number of aliphatic hydroxyl groups is 1. The van der Waals surface area contributed by atoms with Gasteiger partial charge < -0.3 is 9.84 Å². The quantitative estimate of drug-likeness (QED) is 0.663. The van der Waals surface area contributed by atoms with Crippen LogP contribution < -0.4 is 0 Å². The fourth-order valence-electron chi connectivity index (χ4n) is 2.84. The van der Waals surface area contributed by atoms with Crippen molar-refractivity contribution in [3.8, 4) is 0 Å². The normalized spacial score (nSPS) is 38.6. The molecule has 84 valence electrons. The van der Waals surface area contributed by atoms with Crippen molar-refractivity contribution in [2.75, 3.05) is 0 Å². The average molecular weight is 208 g/mol. The Kier molecular flexibility index (Phi) is 2.23. The van der Waals surface area contributed by atoms with E-state index in [1.54, 1.807) is 0 Å². The Bertz CT molecular complexity index is 338. The van der Waals surface area contributed by atoms with Gasteiger partial charge in [0.05, 0.1) is 11.9 Å². The lowest BCUT2D eigenvalue weighted by Crippen LogP contribution is -2.52. The number of fused-ring (bicyclic) bond motifs is 1.